The molecule has 0 radical (unpaired) electrons. The first-order valence-corrected chi connectivity index (χ1v) is 6.13. The van der Waals surface area contributed by atoms with E-state index in [9.17, 15) is 4.79 Å². The Hall–Kier alpha value is -0.610. The summed E-state index contributed by atoms with van der Waals surface area (Å²) in [6, 6.07) is 0.474. The van der Waals surface area contributed by atoms with E-state index in [0.29, 0.717) is 0 Å². The van der Waals surface area contributed by atoms with Crippen LogP contribution in [0.15, 0.2) is 0 Å². The van der Waals surface area contributed by atoms with Crippen molar-refractivity contribution >= 4 is 5.91 Å². The molecule has 2 unspecified atom stereocenters. The fourth-order valence-corrected chi connectivity index (χ4v) is 1.91. The quantitative estimate of drug-likeness (QED) is 0.785. The van der Waals surface area contributed by atoms with E-state index in [1.165, 1.54) is 0 Å². The van der Waals surface area contributed by atoms with Crippen molar-refractivity contribution in [2.45, 2.75) is 57.7 Å². The Morgan fingerprint density at radius 2 is 2.19 bits per heavy atom. The van der Waals surface area contributed by atoms with E-state index in [1.807, 2.05) is 20.9 Å². The van der Waals surface area contributed by atoms with Crippen molar-refractivity contribution in [2.75, 3.05) is 13.7 Å². The molecule has 0 spiro atoms. The maximum atomic E-state index is 11.7. The van der Waals surface area contributed by atoms with Gasteiger partial charge in [-0.05, 0) is 39.5 Å². The monoisotopic (exact) mass is 228 g/mol. The highest BCUT2D eigenvalue weighted by Gasteiger charge is 2.21. The topological polar surface area (TPSA) is 55.6 Å². The van der Waals surface area contributed by atoms with Crippen LogP contribution in [0.2, 0.25) is 0 Å². The first-order valence-electron chi connectivity index (χ1n) is 6.13. The van der Waals surface area contributed by atoms with Crippen LogP contribution in [0.25, 0.3) is 0 Å². The van der Waals surface area contributed by atoms with Gasteiger partial charge >= 0.3 is 0 Å². The average molecular weight is 228 g/mol. The molecule has 0 aromatic heterocycles. The largest absolute Gasteiger partial charge is 0.368 e. The Bertz CT molecular complexity index is 231. The lowest BCUT2D eigenvalue weighted by Gasteiger charge is -2.28. The van der Waals surface area contributed by atoms with Gasteiger partial charge in [-0.3, -0.25) is 4.79 Å². The second kappa shape index (κ2) is 6.21. The predicted octanol–water partition coefficient (Wildman–Crippen LogP) is 1.14. The highest BCUT2D eigenvalue weighted by Crippen LogP contribution is 2.19. The number of ether oxygens (including phenoxy) is 1. The molecular formula is C12H24N2O2. The fraction of sp³-hybridized carbons (Fsp3) is 0.917. The van der Waals surface area contributed by atoms with Crippen LogP contribution < -0.4 is 5.73 Å². The molecule has 0 aliphatic heterocycles. The van der Waals surface area contributed by atoms with Gasteiger partial charge in [-0.15, -0.1) is 0 Å². The van der Waals surface area contributed by atoms with Crippen molar-refractivity contribution in [3.63, 3.8) is 0 Å². The number of carbonyl (C=O) groups excluding carboxylic acids is 1. The molecule has 4 nitrogen and oxygen atoms in total. The smallest absolute Gasteiger partial charge is 0.248 e. The third-order valence-corrected chi connectivity index (χ3v) is 3.28. The zero-order chi connectivity index (χ0) is 12.1. The average Bonchev–Trinajstić information content (AvgIpc) is 2.24. The van der Waals surface area contributed by atoms with Crippen LogP contribution in [0.1, 0.15) is 39.5 Å². The van der Waals surface area contributed by atoms with Crippen LogP contribution in [-0.4, -0.2) is 42.6 Å². The number of nitrogens with two attached hydrogens (primary N) is 1. The summed E-state index contributed by atoms with van der Waals surface area (Å²) in [5.74, 6) is 0.0501. The number of rotatable bonds is 4. The number of likely N-dealkylation sites (N-methyl/N-ethyl adjacent to an activating group) is 1. The predicted molar refractivity (Wildman–Crippen MR) is 64.1 cm³/mol. The van der Waals surface area contributed by atoms with Gasteiger partial charge in [0.2, 0.25) is 5.91 Å². The Kier molecular flexibility index (Phi) is 5.22. The van der Waals surface area contributed by atoms with Crippen LogP contribution in [0.3, 0.4) is 0 Å². The van der Waals surface area contributed by atoms with E-state index < -0.39 is 0 Å². The summed E-state index contributed by atoms with van der Waals surface area (Å²) in [5, 5.41) is 0. The molecule has 4 heteroatoms. The van der Waals surface area contributed by atoms with Gasteiger partial charge in [0.25, 0.3) is 0 Å². The molecule has 2 N–H and O–H groups in total. The third-order valence-electron chi connectivity index (χ3n) is 3.28. The number of nitrogens with zero attached hydrogens (tertiary/aromatic N) is 1. The molecule has 1 saturated carbocycles. The number of hydrogen-bond acceptors (Lipinski definition) is 3. The minimum absolute atomic E-state index is 0.0501. The zero-order valence-corrected chi connectivity index (χ0v) is 10.6. The first-order chi connectivity index (χ1) is 7.50. The van der Waals surface area contributed by atoms with Crippen LogP contribution in [0.4, 0.5) is 0 Å². The van der Waals surface area contributed by atoms with Crippen molar-refractivity contribution in [3.05, 3.63) is 0 Å². The third kappa shape index (κ3) is 4.10. The summed E-state index contributed by atoms with van der Waals surface area (Å²) in [4.78, 5) is 13.4. The Morgan fingerprint density at radius 3 is 2.75 bits per heavy atom. The summed E-state index contributed by atoms with van der Waals surface area (Å²) in [7, 11) is 1.81. The van der Waals surface area contributed by atoms with Gasteiger partial charge in [-0.25, -0.2) is 0 Å². The molecule has 1 aliphatic rings. The van der Waals surface area contributed by atoms with Crippen molar-refractivity contribution < 1.29 is 9.53 Å². The van der Waals surface area contributed by atoms with Crippen molar-refractivity contribution in [2.24, 2.45) is 5.73 Å². The molecule has 1 rings (SSSR count). The maximum absolute atomic E-state index is 11.7. The highest BCUT2D eigenvalue weighted by atomic mass is 16.5. The molecule has 94 valence electrons. The minimum atomic E-state index is 0.0501. The van der Waals surface area contributed by atoms with Gasteiger partial charge in [0.15, 0.2) is 0 Å². The minimum Gasteiger partial charge on any atom is -0.368 e. The van der Waals surface area contributed by atoms with E-state index in [-0.39, 0.29) is 30.7 Å². The molecule has 16 heavy (non-hydrogen) atoms. The molecule has 0 saturated heterocycles. The molecule has 0 heterocycles. The van der Waals surface area contributed by atoms with Crippen LogP contribution in [0, 0.1) is 0 Å². The highest BCUT2D eigenvalue weighted by molar-refractivity contribution is 5.77. The van der Waals surface area contributed by atoms with Gasteiger partial charge in [0, 0.05) is 19.1 Å². The second-order valence-electron chi connectivity index (χ2n) is 4.96. The van der Waals surface area contributed by atoms with Crippen molar-refractivity contribution in [1.29, 1.82) is 0 Å². The van der Waals surface area contributed by atoms with E-state index in [1.54, 1.807) is 4.90 Å². The normalized spacial score (nSPS) is 25.8. The first kappa shape index (κ1) is 13.5. The van der Waals surface area contributed by atoms with Crippen molar-refractivity contribution in [1.82, 2.24) is 4.90 Å². The van der Waals surface area contributed by atoms with Gasteiger partial charge in [-0.2, -0.15) is 0 Å². The lowest BCUT2D eigenvalue weighted by molar-refractivity contribution is -0.139. The summed E-state index contributed by atoms with van der Waals surface area (Å²) >= 11 is 0. The SMILES string of the molecule is CC(C)N(C)C(=O)COC1CCCC(N)C1. The molecular weight excluding hydrogens is 204 g/mol. The zero-order valence-electron chi connectivity index (χ0n) is 10.6. The Labute approximate surface area is 98.1 Å². The van der Waals surface area contributed by atoms with Gasteiger partial charge in [-0.1, -0.05) is 0 Å². The van der Waals surface area contributed by atoms with Crippen molar-refractivity contribution in [3.8, 4) is 0 Å². The molecule has 1 fully saturated rings. The lowest BCUT2D eigenvalue weighted by atomic mass is 9.94. The summed E-state index contributed by atoms with van der Waals surface area (Å²) in [5.41, 5.74) is 5.86. The second-order valence-corrected chi connectivity index (χ2v) is 4.96. The fourth-order valence-electron chi connectivity index (χ4n) is 1.91. The number of amides is 1. The lowest BCUT2D eigenvalue weighted by Crippen LogP contribution is -2.38. The van der Waals surface area contributed by atoms with Crippen LogP contribution >= 0.6 is 0 Å². The molecule has 1 amide bonds. The van der Waals surface area contributed by atoms with E-state index in [0.717, 1.165) is 25.7 Å². The number of hydrogen-bond donors (Lipinski definition) is 1. The summed E-state index contributed by atoms with van der Waals surface area (Å²) in [6.07, 6.45) is 4.29. The summed E-state index contributed by atoms with van der Waals surface area (Å²) in [6.45, 7) is 4.18. The van der Waals surface area contributed by atoms with Gasteiger partial charge in [0.05, 0.1) is 6.10 Å². The standard InChI is InChI=1S/C12H24N2O2/c1-9(2)14(3)12(15)8-16-11-6-4-5-10(13)7-11/h9-11H,4-8,13H2,1-3H3. The van der Waals surface area contributed by atoms with Crippen LogP contribution in [-0.2, 0) is 9.53 Å². The van der Waals surface area contributed by atoms with Gasteiger partial charge in [0.1, 0.15) is 6.61 Å². The number of carbonyl (C=O) groups is 1. The molecule has 2 atom stereocenters. The molecule has 1 aliphatic carbocycles. The Balaban J connectivity index is 2.25. The van der Waals surface area contributed by atoms with E-state index in [2.05, 4.69) is 0 Å². The molecule has 0 aromatic rings. The molecule has 0 bridgehead atoms. The Morgan fingerprint density at radius 1 is 1.50 bits per heavy atom. The van der Waals surface area contributed by atoms with Crippen LogP contribution in [0.5, 0.6) is 0 Å². The van der Waals surface area contributed by atoms with E-state index in [4.69, 9.17) is 10.5 Å². The molecule has 0 aromatic carbocycles. The van der Waals surface area contributed by atoms with Gasteiger partial charge < -0.3 is 15.4 Å². The van der Waals surface area contributed by atoms with E-state index >= 15 is 0 Å². The summed E-state index contributed by atoms with van der Waals surface area (Å²) < 4.78 is 5.62. The maximum Gasteiger partial charge on any atom is 0.248 e.